The van der Waals surface area contributed by atoms with E-state index in [1.807, 2.05) is 51.2 Å². The van der Waals surface area contributed by atoms with Gasteiger partial charge in [0, 0.05) is 0 Å². The molecule has 0 aromatic heterocycles. The van der Waals surface area contributed by atoms with Crippen molar-refractivity contribution in [2.45, 2.75) is 0 Å². The van der Waals surface area contributed by atoms with E-state index in [9.17, 15) is 4.39 Å². The summed E-state index contributed by atoms with van der Waals surface area (Å²) >= 11 is 3.88. The molecular formula is C9H7FI2O. The summed E-state index contributed by atoms with van der Waals surface area (Å²) in [4.78, 5) is 0. The fraction of sp³-hybridized carbons (Fsp3) is 0.111. The van der Waals surface area contributed by atoms with Crippen LogP contribution >= 0.6 is 45.2 Å². The van der Waals surface area contributed by atoms with Gasteiger partial charge in [0.2, 0.25) is 0 Å². The van der Waals surface area contributed by atoms with Crippen LogP contribution in [0.25, 0.3) is 5.83 Å². The van der Waals surface area contributed by atoms with Crippen molar-refractivity contribution >= 4 is 51.0 Å². The Balaban J connectivity index is 3.21. The van der Waals surface area contributed by atoms with Crippen molar-refractivity contribution in [2.24, 2.45) is 0 Å². The zero-order chi connectivity index (χ0) is 9.84. The molecular weight excluding hydrogens is 397 g/mol. The first-order valence-corrected chi connectivity index (χ1v) is 5.66. The van der Waals surface area contributed by atoms with Crippen LogP contribution in [0.4, 0.5) is 4.39 Å². The minimum Gasteiger partial charge on any atom is -0.496 e. The number of benzene rings is 1. The standard InChI is InChI=1S/C9H7FI2O/c1-13-7-5-3-2-4-6(7)8(10)9(11)12/h2-5H,1H3. The van der Waals surface area contributed by atoms with E-state index in [2.05, 4.69) is 0 Å². The maximum absolute atomic E-state index is 13.5. The number of hydrogen-bond donors (Lipinski definition) is 0. The molecule has 1 aromatic carbocycles. The number of para-hydroxylation sites is 1. The zero-order valence-corrected chi connectivity index (χ0v) is 11.2. The number of ether oxygens (including phenoxy) is 1. The summed E-state index contributed by atoms with van der Waals surface area (Å²) in [5.74, 6) is 0.324. The molecule has 0 saturated carbocycles. The fourth-order valence-electron chi connectivity index (χ4n) is 0.928. The third-order valence-electron chi connectivity index (χ3n) is 1.51. The molecule has 1 aromatic rings. The molecule has 0 bridgehead atoms. The Kier molecular flexibility index (Phi) is 4.43. The van der Waals surface area contributed by atoms with Crippen molar-refractivity contribution in [3.05, 3.63) is 31.4 Å². The molecule has 1 rings (SSSR count). The molecule has 0 unspecified atom stereocenters. The smallest absolute Gasteiger partial charge is 0.153 e. The molecule has 0 aliphatic carbocycles. The largest absolute Gasteiger partial charge is 0.496 e. The first kappa shape index (κ1) is 11.2. The van der Waals surface area contributed by atoms with E-state index >= 15 is 0 Å². The number of rotatable bonds is 2. The molecule has 0 N–H and O–H groups in total. The number of methoxy groups -OCH3 is 1. The summed E-state index contributed by atoms with van der Waals surface area (Å²) in [5, 5.41) is 0. The second kappa shape index (κ2) is 5.14. The summed E-state index contributed by atoms with van der Waals surface area (Å²) in [5.41, 5.74) is 0.504. The summed E-state index contributed by atoms with van der Waals surface area (Å²) in [6, 6.07) is 7.04. The van der Waals surface area contributed by atoms with Gasteiger partial charge in [-0.2, -0.15) is 0 Å². The van der Waals surface area contributed by atoms with Gasteiger partial charge >= 0.3 is 0 Å². The highest BCUT2D eigenvalue weighted by Crippen LogP contribution is 2.34. The Labute approximate surface area is 104 Å². The Morgan fingerprint density at radius 1 is 1.31 bits per heavy atom. The first-order chi connectivity index (χ1) is 6.16. The molecule has 0 heterocycles. The Bertz CT molecular complexity index is 332. The maximum atomic E-state index is 13.5. The van der Waals surface area contributed by atoms with Crippen LogP contribution in [0.3, 0.4) is 0 Å². The van der Waals surface area contributed by atoms with E-state index in [4.69, 9.17) is 4.74 Å². The molecule has 1 nitrogen and oxygen atoms in total. The van der Waals surface area contributed by atoms with E-state index in [0.717, 1.165) is 0 Å². The predicted molar refractivity (Wildman–Crippen MR) is 69.1 cm³/mol. The third-order valence-corrected chi connectivity index (χ3v) is 2.46. The van der Waals surface area contributed by atoms with Gasteiger partial charge in [-0.1, -0.05) is 12.1 Å². The minimum atomic E-state index is -0.237. The van der Waals surface area contributed by atoms with E-state index in [0.29, 0.717) is 12.9 Å². The quantitative estimate of drug-likeness (QED) is 0.674. The molecule has 0 amide bonds. The van der Waals surface area contributed by atoms with Crippen molar-refractivity contribution in [1.29, 1.82) is 0 Å². The molecule has 0 spiro atoms. The number of halogens is 3. The van der Waals surface area contributed by atoms with Crippen LogP contribution in [-0.4, -0.2) is 7.11 Å². The fourth-order valence-corrected chi connectivity index (χ4v) is 1.51. The van der Waals surface area contributed by atoms with Crippen molar-refractivity contribution in [3.8, 4) is 5.75 Å². The molecule has 13 heavy (non-hydrogen) atoms. The van der Waals surface area contributed by atoms with Gasteiger partial charge < -0.3 is 4.74 Å². The highest BCUT2D eigenvalue weighted by atomic mass is 127. The van der Waals surface area contributed by atoms with Crippen LogP contribution in [0.5, 0.6) is 5.75 Å². The van der Waals surface area contributed by atoms with Gasteiger partial charge in [-0.05, 0) is 57.3 Å². The molecule has 0 atom stereocenters. The molecule has 0 radical (unpaired) electrons. The van der Waals surface area contributed by atoms with Gasteiger partial charge in [0.15, 0.2) is 5.83 Å². The summed E-state index contributed by atoms with van der Waals surface area (Å²) in [6.45, 7) is 0. The van der Waals surface area contributed by atoms with Crippen LogP contribution in [0.15, 0.2) is 25.9 Å². The molecule has 0 aliphatic heterocycles. The van der Waals surface area contributed by atoms with Crippen LogP contribution in [0, 0.1) is 0 Å². The van der Waals surface area contributed by atoms with Gasteiger partial charge in [-0.25, -0.2) is 4.39 Å². The Hall–Kier alpha value is 0.150. The Morgan fingerprint density at radius 3 is 2.46 bits per heavy atom. The number of hydrogen-bond acceptors (Lipinski definition) is 1. The van der Waals surface area contributed by atoms with E-state index in [1.165, 1.54) is 7.11 Å². The van der Waals surface area contributed by atoms with Crippen LogP contribution in [0.2, 0.25) is 0 Å². The van der Waals surface area contributed by atoms with Gasteiger partial charge in [-0.15, -0.1) is 0 Å². The monoisotopic (exact) mass is 404 g/mol. The predicted octanol–water partition coefficient (Wildman–Crippen LogP) is 4.16. The Morgan fingerprint density at radius 2 is 1.92 bits per heavy atom. The minimum absolute atomic E-state index is 0.237. The lowest BCUT2D eigenvalue weighted by Gasteiger charge is -2.05. The molecule has 0 fully saturated rings. The normalized spacial score (nSPS) is 9.54. The average molecular weight is 404 g/mol. The summed E-state index contributed by atoms with van der Waals surface area (Å²) < 4.78 is 19.1. The maximum Gasteiger partial charge on any atom is 0.153 e. The summed E-state index contributed by atoms with van der Waals surface area (Å²) in [7, 11) is 1.53. The third kappa shape index (κ3) is 2.80. The van der Waals surface area contributed by atoms with Gasteiger partial charge in [0.05, 0.1) is 14.3 Å². The van der Waals surface area contributed by atoms with Crippen LogP contribution in [0.1, 0.15) is 5.56 Å². The highest BCUT2D eigenvalue weighted by molar-refractivity contribution is 14.2. The molecule has 0 aliphatic rings. The van der Waals surface area contributed by atoms with E-state index in [-0.39, 0.29) is 5.83 Å². The zero-order valence-electron chi connectivity index (χ0n) is 6.85. The van der Waals surface area contributed by atoms with Gasteiger partial charge in [0.25, 0.3) is 0 Å². The lowest BCUT2D eigenvalue weighted by atomic mass is 10.2. The topological polar surface area (TPSA) is 9.23 Å². The lowest BCUT2D eigenvalue weighted by Crippen LogP contribution is -1.88. The van der Waals surface area contributed by atoms with E-state index in [1.54, 1.807) is 18.2 Å². The van der Waals surface area contributed by atoms with Crippen molar-refractivity contribution in [1.82, 2.24) is 0 Å². The lowest BCUT2D eigenvalue weighted by molar-refractivity contribution is 0.412. The average Bonchev–Trinajstić information content (AvgIpc) is 2.16. The highest BCUT2D eigenvalue weighted by Gasteiger charge is 2.09. The summed E-state index contributed by atoms with van der Waals surface area (Å²) in [6.07, 6.45) is 0. The SMILES string of the molecule is COc1ccccc1C(F)=C(I)I. The van der Waals surface area contributed by atoms with Crippen molar-refractivity contribution < 1.29 is 9.13 Å². The van der Waals surface area contributed by atoms with Crippen molar-refractivity contribution in [2.75, 3.05) is 7.11 Å². The second-order valence-corrected chi connectivity index (χ2v) is 6.50. The van der Waals surface area contributed by atoms with Crippen LogP contribution < -0.4 is 4.74 Å². The first-order valence-electron chi connectivity index (χ1n) is 3.51. The second-order valence-electron chi connectivity index (χ2n) is 2.27. The van der Waals surface area contributed by atoms with E-state index < -0.39 is 0 Å². The van der Waals surface area contributed by atoms with Crippen molar-refractivity contribution in [3.63, 3.8) is 0 Å². The van der Waals surface area contributed by atoms with Gasteiger partial charge in [0.1, 0.15) is 5.75 Å². The molecule has 0 saturated heterocycles. The van der Waals surface area contributed by atoms with Crippen LogP contribution in [-0.2, 0) is 0 Å². The molecule has 70 valence electrons. The van der Waals surface area contributed by atoms with Gasteiger partial charge in [-0.3, -0.25) is 0 Å². The molecule has 4 heteroatoms.